The van der Waals surface area contributed by atoms with Crippen LogP contribution in [0.5, 0.6) is 0 Å². The fourth-order valence-corrected chi connectivity index (χ4v) is 1.23. The van der Waals surface area contributed by atoms with Gasteiger partial charge in [0.2, 0.25) is 6.54 Å². The van der Waals surface area contributed by atoms with Crippen molar-refractivity contribution < 1.29 is 4.92 Å². The normalized spacial score (nSPS) is 10.8. The molecule has 1 aromatic heterocycles. The van der Waals surface area contributed by atoms with E-state index < -0.39 is 0 Å². The molecule has 78 valence electrons. The van der Waals surface area contributed by atoms with Gasteiger partial charge in [-0.15, -0.1) is 0 Å². The van der Waals surface area contributed by atoms with Crippen molar-refractivity contribution >= 4 is 0 Å². The number of aromatic nitrogens is 2. The molecule has 0 bridgehead atoms. The number of hydrogen-bond acceptors (Lipinski definition) is 3. The Morgan fingerprint density at radius 1 is 1.64 bits per heavy atom. The minimum atomic E-state index is -0.306. The van der Waals surface area contributed by atoms with Gasteiger partial charge in [0.25, 0.3) is 0 Å². The molecule has 14 heavy (non-hydrogen) atoms. The monoisotopic (exact) mass is 197 g/mol. The fourth-order valence-electron chi connectivity index (χ4n) is 1.23. The maximum atomic E-state index is 10.1. The Kier molecular flexibility index (Phi) is 3.62. The van der Waals surface area contributed by atoms with Crippen molar-refractivity contribution in [1.82, 2.24) is 9.78 Å². The molecule has 0 aromatic carbocycles. The molecule has 0 amide bonds. The summed E-state index contributed by atoms with van der Waals surface area (Å²) in [6.07, 6.45) is 4.04. The summed E-state index contributed by atoms with van der Waals surface area (Å²) in [5.74, 6) is 0.540. The third-order valence-electron chi connectivity index (χ3n) is 1.82. The Balaban J connectivity index is 2.46. The zero-order chi connectivity index (χ0) is 10.6. The molecule has 0 fully saturated rings. The van der Waals surface area contributed by atoms with E-state index in [1.807, 2.05) is 10.9 Å². The van der Waals surface area contributed by atoms with Crippen LogP contribution in [0, 0.1) is 16.0 Å². The topological polar surface area (TPSA) is 61.0 Å². The Morgan fingerprint density at radius 3 is 2.93 bits per heavy atom. The molecule has 0 aliphatic heterocycles. The van der Waals surface area contributed by atoms with Crippen molar-refractivity contribution in [3.63, 3.8) is 0 Å². The highest BCUT2D eigenvalue weighted by molar-refractivity contribution is 5.03. The van der Waals surface area contributed by atoms with Crippen LogP contribution in [0.1, 0.15) is 19.4 Å². The molecular formula is C9H15N3O2. The first-order valence-electron chi connectivity index (χ1n) is 4.71. The third kappa shape index (κ3) is 3.55. The molecular weight excluding hydrogens is 182 g/mol. The van der Waals surface area contributed by atoms with Crippen LogP contribution < -0.4 is 0 Å². The van der Waals surface area contributed by atoms with Crippen LogP contribution in [0.15, 0.2) is 12.4 Å². The van der Waals surface area contributed by atoms with Gasteiger partial charge >= 0.3 is 0 Å². The van der Waals surface area contributed by atoms with Gasteiger partial charge in [0.15, 0.2) is 0 Å². The van der Waals surface area contributed by atoms with Crippen molar-refractivity contribution in [1.29, 1.82) is 0 Å². The van der Waals surface area contributed by atoms with Gasteiger partial charge in [0.05, 0.1) is 6.20 Å². The van der Waals surface area contributed by atoms with Gasteiger partial charge < -0.3 is 0 Å². The first-order valence-corrected chi connectivity index (χ1v) is 4.71. The molecule has 0 N–H and O–H groups in total. The Bertz CT molecular complexity index is 307. The highest BCUT2D eigenvalue weighted by Crippen LogP contribution is 2.02. The van der Waals surface area contributed by atoms with Gasteiger partial charge in [0.1, 0.15) is 0 Å². The minimum Gasteiger partial charge on any atom is -0.272 e. The van der Waals surface area contributed by atoms with Gasteiger partial charge in [-0.3, -0.25) is 14.8 Å². The largest absolute Gasteiger partial charge is 0.272 e. The van der Waals surface area contributed by atoms with Crippen LogP contribution in [0.3, 0.4) is 0 Å². The molecule has 0 radical (unpaired) electrons. The SMILES string of the molecule is CC(C)Cn1cc(CC[N+](=O)[O-])cn1. The molecule has 5 nitrogen and oxygen atoms in total. The number of hydrogen-bond donors (Lipinski definition) is 0. The van der Waals surface area contributed by atoms with Gasteiger partial charge in [-0.25, -0.2) is 0 Å². The molecule has 0 saturated heterocycles. The molecule has 0 saturated carbocycles. The van der Waals surface area contributed by atoms with E-state index in [2.05, 4.69) is 18.9 Å². The maximum absolute atomic E-state index is 10.1. The second-order valence-corrected chi connectivity index (χ2v) is 3.77. The summed E-state index contributed by atoms with van der Waals surface area (Å²) in [6.45, 7) is 5.06. The summed E-state index contributed by atoms with van der Waals surface area (Å²) in [5, 5.41) is 14.3. The van der Waals surface area contributed by atoms with E-state index >= 15 is 0 Å². The summed E-state index contributed by atoms with van der Waals surface area (Å²) in [5.41, 5.74) is 0.933. The Hall–Kier alpha value is -1.39. The van der Waals surface area contributed by atoms with Crippen LogP contribution in [-0.2, 0) is 13.0 Å². The third-order valence-corrected chi connectivity index (χ3v) is 1.82. The number of nitrogens with zero attached hydrogens (tertiary/aromatic N) is 3. The maximum Gasteiger partial charge on any atom is 0.208 e. The second-order valence-electron chi connectivity index (χ2n) is 3.77. The zero-order valence-corrected chi connectivity index (χ0v) is 8.51. The fraction of sp³-hybridized carbons (Fsp3) is 0.667. The summed E-state index contributed by atoms with van der Waals surface area (Å²) in [4.78, 5) is 9.83. The molecule has 0 aliphatic carbocycles. The predicted molar refractivity (Wildman–Crippen MR) is 52.6 cm³/mol. The van der Waals surface area contributed by atoms with E-state index in [0.717, 1.165) is 12.1 Å². The van der Waals surface area contributed by atoms with Crippen molar-refractivity contribution in [3.8, 4) is 0 Å². The van der Waals surface area contributed by atoms with Crippen molar-refractivity contribution in [2.75, 3.05) is 6.54 Å². The van der Waals surface area contributed by atoms with E-state index in [1.165, 1.54) is 0 Å². The Labute approximate surface area is 82.9 Å². The van der Waals surface area contributed by atoms with Crippen LogP contribution in [0.25, 0.3) is 0 Å². The van der Waals surface area contributed by atoms with Crippen LogP contribution >= 0.6 is 0 Å². The average molecular weight is 197 g/mol. The summed E-state index contributed by atoms with van der Waals surface area (Å²) >= 11 is 0. The molecule has 0 aliphatic rings. The quantitative estimate of drug-likeness (QED) is 0.529. The average Bonchev–Trinajstić information content (AvgIpc) is 2.47. The van der Waals surface area contributed by atoms with Crippen LogP contribution in [-0.4, -0.2) is 21.2 Å². The predicted octanol–water partition coefficient (Wildman–Crippen LogP) is 1.36. The van der Waals surface area contributed by atoms with Gasteiger partial charge in [-0.05, 0) is 11.5 Å². The second kappa shape index (κ2) is 4.74. The van der Waals surface area contributed by atoms with E-state index in [9.17, 15) is 10.1 Å². The lowest BCUT2D eigenvalue weighted by atomic mass is 10.2. The molecule has 1 heterocycles. The molecule has 0 unspecified atom stereocenters. The summed E-state index contributed by atoms with van der Waals surface area (Å²) < 4.78 is 1.83. The molecule has 0 atom stereocenters. The number of nitro groups is 1. The highest BCUT2D eigenvalue weighted by Gasteiger charge is 2.03. The van der Waals surface area contributed by atoms with Crippen molar-refractivity contribution in [3.05, 3.63) is 28.1 Å². The van der Waals surface area contributed by atoms with Gasteiger partial charge in [0, 0.05) is 24.1 Å². The van der Waals surface area contributed by atoms with E-state index in [1.54, 1.807) is 6.20 Å². The summed E-state index contributed by atoms with van der Waals surface area (Å²) in [6, 6.07) is 0. The summed E-state index contributed by atoms with van der Waals surface area (Å²) in [7, 11) is 0. The molecule has 1 aromatic rings. The molecule has 1 rings (SSSR count). The van der Waals surface area contributed by atoms with Gasteiger partial charge in [-0.2, -0.15) is 5.10 Å². The minimum absolute atomic E-state index is 0.0205. The van der Waals surface area contributed by atoms with E-state index in [-0.39, 0.29) is 11.5 Å². The Morgan fingerprint density at radius 2 is 2.36 bits per heavy atom. The van der Waals surface area contributed by atoms with E-state index in [0.29, 0.717) is 12.3 Å². The zero-order valence-electron chi connectivity index (χ0n) is 8.51. The van der Waals surface area contributed by atoms with Crippen molar-refractivity contribution in [2.24, 2.45) is 5.92 Å². The molecule has 0 spiro atoms. The lowest BCUT2D eigenvalue weighted by molar-refractivity contribution is -0.479. The lowest BCUT2D eigenvalue weighted by Crippen LogP contribution is -2.05. The first kappa shape index (κ1) is 10.7. The molecule has 5 heteroatoms. The van der Waals surface area contributed by atoms with Crippen molar-refractivity contribution in [2.45, 2.75) is 26.8 Å². The van der Waals surface area contributed by atoms with Gasteiger partial charge in [-0.1, -0.05) is 13.8 Å². The van der Waals surface area contributed by atoms with Crippen LogP contribution in [0.4, 0.5) is 0 Å². The van der Waals surface area contributed by atoms with Crippen LogP contribution in [0.2, 0.25) is 0 Å². The first-order chi connectivity index (χ1) is 6.58. The standard InChI is InChI=1S/C9H15N3O2/c1-8(2)6-11-7-9(5-10-11)3-4-12(13)14/h5,7-8H,3-4,6H2,1-2H3. The smallest absolute Gasteiger partial charge is 0.208 e. The number of rotatable bonds is 5. The highest BCUT2D eigenvalue weighted by atomic mass is 16.6. The van der Waals surface area contributed by atoms with E-state index in [4.69, 9.17) is 0 Å². The lowest BCUT2D eigenvalue weighted by Gasteiger charge is -2.03.